The van der Waals surface area contributed by atoms with Crippen LogP contribution >= 0.6 is 22.6 Å². The van der Waals surface area contributed by atoms with Crippen LogP contribution in [-0.4, -0.2) is 14.5 Å². The highest BCUT2D eigenvalue weighted by atomic mass is 127. The van der Waals surface area contributed by atoms with Gasteiger partial charge in [0, 0.05) is 9.77 Å². The second-order valence-corrected chi connectivity index (χ2v) is 7.34. The predicted molar refractivity (Wildman–Crippen MR) is 117 cm³/mol. The van der Waals surface area contributed by atoms with Gasteiger partial charge in [0.15, 0.2) is 0 Å². The largest absolute Gasteiger partial charge is 0.288 e. The number of fused-ring (bicyclic) bond motifs is 1. The van der Waals surface area contributed by atoms with Crippen LogP contribution in [0.2, 0.25) is 0 Å². The summed E-state index contributed by atoms with van der Waals surface area (Å²) < 4.78 is 2.73. The smallest absolute Gasteiger partial charge is 0.261 e. The van der Waals surface area contributed by atoms with Crippen molar-refractivity contribution in [3.8, 4) is 0 Å². The summed E-state index contributed by atoms with van der Waals surface area (Å²) in [6.07, 6.45) is 5.47. The van der Waals surface area contributed by atoms with Crippen molar-refractivity contribution in [1.82, 2.24) is 14.5 Å². The average molecular weight is 465 g/mol. The van der Waals surface area contributed by atoms with Crippen LogP contribution in [0.3, 0.4) is 0 Å². The lowest BCUT2D eigenvalue weighted by Crippen LogP contribution is -2.24. The fourth-order valence-electron chi connectivity index (χ4n) is 2.89. The molecule has 4 nitrogen and oxygen atoms in total. The van der Waals surface area contributed by atoms with Gasteiger partial charge in [0.2, 0.25) is 0 Å². The van der Waals surface area contributed by atoms with Gasteiger partial charge in [-0.3, -0.25) is 14.3 Å². The predicted octanol–water partition coefficient (Wildman–Crippen LogP) is 4.61. The van der Waals surface area contributed by atoms with E-state index in [2.05, 4.69) is 27.6 Å². The van der Waals surface area contributed by atoms with Gasteiger partial charge in [-0.25, -0.2) is 4.98 Å². The number of nitrogens with zero attached hydrogens (tertiary/aromatic N) is 3. The molecule has 0 saturated heterocycles. The van der Waals surface area contributed by atoms with E-state index in [0.717, 1.165) is 14.8 Å². The maximum Gasteiger partial charge on any atom is 0.261 e. The highest BCUT2D eigenvalue weighted by molar-refractivity contribution is 14.1. The molecular formula is C22H16IN3O. The third-order valence-corrected chi connectivity index (χ3v) is 4.89. The van der Waals surface area contributed by atoms with Crippen molar-refractivity contribution in [2.24, 2.45) is 0 Å². The number of hydrogen-bond donors (Lipinski definition) is 0. The van der Waals surface area contributed by atoms with E-state index in [4.69, 9.17) is 4.98 Å². The first-order valence-corrected chi connectivity index (χ1v) is 9.62. The van der Waals surface area contributed by atoms with Crippen LogP contribution in [0.5, 0.6) is 0 Å². The Morgan fingerprint density at radius 2 is 1.78 bits per heavy atom. The second-order valence-electron chi connectivity index (χ2n) is 6.10. The molecule has 0 aliphatic heterocycles. The molecule has 0 unspecified atom stereocenters. The zero-order valence-electron chi connectivity index (χ0n) is 14.4. The number of benzene rings is 2. The first kappa shape index (κ1) is 17.6. The summed E-state index contributed by atoms with van der Waals surface area (Å²) in [6.45, 7) is 0.468. The Balaban J connectivity index is 1.87. The van der Waals surface area contributed by atoms with E-state index in [9.17, 15) is 4.79 Å². The van der Waals surface area contributed by atoms with Gasteiger partial charge in [-0.15, -0.1) is 0 Å². The van der Waals surface area contributed by atoms with Gasteiger partial charge in [-0.05, 0) is 70.6 Å². The van der Waals surface area contributed by atoms with Crippen molar-refractivity contribution < 1.29 is 0 Å². The average Bonchev–Trinajstić information content (AvgIpc) is 2.71. The van der Waals surface area contributed by atoms with Crippen molar-refractivity contribution in [2.45, 2.75) is 6.54 Å². The van der Waals surface area contributed by atoms with E-state index in [1.165, 1.54) is 0 Å². The Kier molecular flexibility index (Phi) is 5.11. The van der Waals surface area contributed by atoms with Crippen molar-refractivity contribution >= 4 is 45.6 Å². The molecule has 0 fully saturated rings. The molecule has 0 atom stereocenters. The molecule has 27 heavy (non-hydrogen) atoms. The summed E-state index contributed by atoms with van der Waals surface area (Å²) in [5.41, 5.74) is 2.54. The summed E-state index contributed by atoms with van der Waals surface area (Å²) in [5.74, 6) is 0.614. The highest BCUT2D eigenvalue weighted by Crippen LogP contribution is 2.15. The first-order chi connectivity index (χ1) is 13.2. The molecule has 0 radical (unpaired) electrons. The molecule has 132 valence electrons. The summed E-state index contributed by atoms with van der Waals surface area (Å²) >= 11 is 2.21. The number of halogens is 1. The summed E-state index contributed by atoms with van der Waals surface area (Å²) in [7, 11) is 0. The molecule has 0 N–H and O–H groups in total. The minimum absolute atomic E-state index is 0.0389. The summed E-state index contributed by atoms with van der Waals surface area (Å²) in [6, 6.07) is 21.4. The Bertz CT molecular complexity index is 1170. The van der Waals surface area contributed by atoms with Crippen LogP contribution in [0, 0.1) is 3.57 Å². The Morgan fingerprint density at radius 3 is 2.56 bits per heavy atom. The molecule has 0 saturated carbocycles. The number of hydrogen-bond acceptors (Lipinski definition) is 3. The zero-order valence-corrected chi connectivity index (χ0v) is 16.6. The summed E-state index contributed by atoms with van der Waals surface area (Å²) in [5, 5.41) is 0.632. The van der Waals surface area contributed by atoms with Gasteiger partial charge < -0.3 is 0 Å². The van der Waals surface area contributed by atoms with E-state index < -0.39 is 0 Å². The van der Waals surface area contributed by atoms with Crippen LogP contribution in [0.25, 0.3) is 23.1 Å². The molecule has 2 aromatic carbocycles. The molecule has 0 amide bonds. The third kappa shape index (κ3) is 3.98. The molecule has 2 heterocycles. The molecule has 4 aromatic rings. The van der Waals surface area contributed by atoms with Crippen molar-refractivity contribution in [3.63, 3.8) is 0 Å². The van der Waals surface area contributed by atoms with E-state index in [1.54, 1.807) is 10.8 Å². The maximum atomic E-state index is 13.2. The minimum atomic E-state index is -0.0389. The molecule has 0 aliphatic rings. The summed E-state index contributed by atoms with van der Waals surface area (Å²) in [4.78, 5) is 22.2. The van der Waals surface area contributed by atoms with E-state index in [-0.39, 0.29) is 5.56 Å². The van der Waals surface area contributed by atoms with Crippen LogP contribution in [-0.2, 0) is 6.54 Å². The second kappa shape index (κ2) is 7.84. The molecule has 0 bridgehead atoms. The topological polar surface area (TPSA) is 47.8 Å². The number of rotatable bonds is 4. The quantitative estimate of drug-likeness (QED) is 0.414. The molecular weight excluding hydrogens is 449 g/mol. The Labute approximate surface area is 170 Å². The molecule has 2 aromatic heterocycles. The lowest BCUT2D eigenvalue weighted by Gasteiger charge is -2.11. The van der Waals surface area contributed by atoms with Gasteiger partial charge >= 0.3 is 0 Å². The molecule has 0 spiro atoms. The third-order valence-electron chi connectivity index (χ3n) is 4.22. The monoisotopic (exact) mass is 465 g/mol. The van der Waals surface area contributed by atoms with Crippen LogP contribution in [0.1, 0.15) is 17.1 Å². The van der Waals surface area contributed by atoms with E-state index in [1.807, 2.05) is 78.9 Å². The minimum Gasteiger partial charge on any atom is -0.288 e. The van der Waals surface area contributed by atoms with Crippen molar-refractivity contribution in [3.05, 3.63) is 104 Å². The van der Waals surface area contributed by atoms with Crippen LogP contribution < -0.4 is 5.56 Å². The van der Waals surface area contributed by atoms with Crippen LogP contribution in [0.15, 0.2) is 77.7 Å². The number of pyridine rings is 1. The van der Waals surface area contributed by atoms with E-state index >= 15 is 0 Å². The molecule has 0 aliphatic carbocycles. The fraction of sp³-hybridized carbons (Fsp3) is 0.0455. The SMILES string of the molecule is O=c1c2cc(I)ccc2nc(C=Cc2ccccn2)n1Cc1ccccc1. The lowest BCUT2D eigenvalue weighted by molar-refractivity contribution is 0.738. The number of aromatic nitrogens is 3. The van der Waals surface area contributed by atoms with Gasteiger partial charge in [0.05, 0.1) is 23.1 Å². The highest BCUT2D eigenvalue weighted by Gasteiger charge is 2.10. The standard InChI is InChI=1S/C22H16IN3O/c23-17-9-11-20-19(14-17)22(27)26(15-16-6-2-1-3-7-16)21(25-20)12-10-18-8-4-5-13-24-18/h1-14H,15H2. The van der Waals surface area contributed by atoms with E-state index in [0.29, 0.717) is 23.3 Å². The zero-order chi connectivity index (χ0) is 18.6. The first-order valence-electron chi connectivity index (χ1n) is 8.54. The fourth-order valence-corrected chi connectivity index (χ4v) is 3.38. The maximum absolute atomic E-state index is 13.2. The lowest BCUT2D eigenvalue weighted by atomic mass is 10.2. The Morgan fingerprint density at radius 1 is 0.963 bits per heavy atom. The van der Waals surface area contributed by atoms with Gasteiger partial charge in [-0.2, -0.15) is 0 Å². The van der Waals surface area contributed by atoms with Crippen molar-refractivity contribution in [1.29, 1.82) is 0 Å². The van der Waals surface area contributed by atoms with Gasteiger partial charge in [0.25, 0.3) is 5.56 Å². The molecule has 4 rings (SSSR count). The van der Waals surface area contributed by atoms with Crippen molar-refractivity contribution in [2.75, 3.05) is 0 Å². The molecule has 5 heteroatoms. The normalized spacial score (nSPS) is 11.3. The van der Waals surface area contributed by atoms with Gasteiger partial charge in [-0.1, -0.05) is 36.4 Å². The van der Waals surface area contributed by atoms with Gasteiger partial charge in [0.1, 0.15) is 5.82 Å². The van der Waals surface area contributed by atoms with Crippen LogP contribution in [0.4, 0.5) is 0 Å². The Hall–Kier alpha value is -2.80.